The van der Waals surface area contributed by atoms with Crippen molar-refractivity contribution >= 4 is 0 Å². The highest BCUT2D eigenvalue weighted by Crippen LogP contribution is 2.55. The van der Waals surface area contributed by atoms with Crippen LogP contribution >= 0.6 is 0 Å². The van der Waals surface area contributed by atoms with Crippen LogP contribution in [0.2, 0.25) is 0 Å². The molecular weight excluding hydrogens is 288 g/mol. The van der Waals surface area contributed by atoms with Crippen LogP contribution < -0.4 is 0 Å². The van der Waals surface area contributed by atoms with Gasteiger partial charge in [0.15, 0.2) is 0 Å². The summed E-state index contributed by atoms with van der Waals surface area (Å²) in [7, 11) is 0. The molecule has 24 heavy (non-hydrogen) atoms. The third-order valence-corrected chi connectivity index (χ3v) is 6.29. The topological polar surface area (TPSA) is 0 Å². The molecule has 3 aromatic rings. The fraction of sp³-hybridized carbons (Fsp3) is 0.250. The largest absolute Gasteiger partial charge is 0.0619 e. The molecule has 0 atom stereocenters. The van der Waals surface area contributed by atoms with E-state index in [1.807, 2.05) is 0 Å². The predicted molar refractivity (Wildman–Crippen MR) is 102 cm³/mol. The Morgan fingerprint density at radius 1 is 0.458 bits per heavy atom. The number of rotatable bonds is 0. The minimum absolute atomic E-state index is 0.0721. The molecule has 0 saturated heterocycles. The van der Waals surface area contributed by atoms with Crippen LogP contribution in [0.15, 0.2) is 60.7 Å². The minimum Gasteiger partial charge on any atom is -0.0619 e. The van der Waals surface area contributed by atoms with Gasteiger partial charge in [-0.15, -0.1) is 0 Å². The van der Waals surface area contributed by atoms with Gasteiger partial charge >= 0.3 is 0 Å². The molecule has 0 fully saturated rings. The first-order valence-corrected chi connectivity index (χ1v) is 8.81. The first-order valence-electron chi connectivity index (χ1n) is 8.81. The van der Waals surface area contributed by atoms with E-state index >= 15 is 0 Å². The molecule has 0 N–H and O–H groups in total. The number of benzene rings is 3. The summed E-state index contributed by atoms with van der Waals surface area (Å²) < 4.78 is 0. The van der Waals surface area contributed by atoms with Crippen molar-refractivity contribution in [2.24, 2.45) is 0 Å². The van der Waals surface area contributed by atoms with Crippen molar-refractivity contribution in [3.8, 4) is 22.3 Å². The number of fused-ring (bicyclic) bond motifs is 6. The first kappa shape index (κ1) is 14.0. The molecule has 118 valence electrons. The fourth-order valence-electron chi connectivity index (χ4n) is 4.90. The van der Waals surface area contributed by atoms with Gasteiger partial charge in [0.1, 0.15) is 0 Å². The van der Waals surface area contributed by atoms with Gasteiger partial charge in [-0.2, -0.15) is 0 Å². The number of hydrogen-bond donors (Lipinski definition) is 0. The molecule has 0 heterocycles. The van der Waals surface area contributed by atoms with Gasteiger partial charge in [-0.05, 0) is 56.6 Å². The average molecular weight is 310 g/mol. The van der Waals surface area contributed by atoms with Gasteiger partial charge < -0.3 is 0 Å². The molecule has 0 amide bonds. The zero-order valence-corrected chi connectivity index (χ0v) is 14.8. The third kappa shape index (κ3) is 1.50. The molecular formula is C24H22. The smallest absolute Gasteiger partial charge is 0.0159 e. The van der Waals surface area contributed by atoms with E-state index in [4.69, 9.17) is 0 Å². The van der Waals surface area contributed by atoms with Crippen molar-refractivity contribution in [3.05, 3.63) is 82.9 Å². The maximum Gasteiger partial charge on any atom is 0.0159 e. The molecule has 5 rings (SSSR count). The summed E-state index contributed by atoms with van der Waals surface area (Å²) in [5.74, 6) is 0. The van der Waals surface area contributed by atoms with Crippen LogP contribution in [0, 0.1) is 0 Å². The van der Waals surface area contributed by atoms with E-state index in [0.717, 1.165) is 0 Å². The Balaban J connectivity index is 1.88. The van der Waals surface area contributed by atoms with E-state index in [1.54, 1.807) is 0 Å². The fourth-order valence-corrected chi connectivity index (χ4v) is 4.90. The van der Waals surface area contributed by atoms with Crippen molar-refractivity contribution in [2.75, 3.05) is 0 Å². The SMILES string of the molecule is CC1(C)c2ccccc2-c2cc3c(cc21)-c1ccccc1C3(C)C. The molecule has 0 nitrogen and oxygen atoms in total. The van der Waals surface area contributed by atoms with Gasteiger partial charge in [-0.3, -0.25) is 0 Å². The van der Waals surface area contributed by atoms with Crippen LogP contribution in [-0.4, -0.2) is 0 Å². The van der Waals surface area contributed by atoms with E-state index in [0.29, 0.717) is 0 Å². The highest BCUT2D eigenvalue weighted by Gasteiger charge is 2.41. The summed E-state index contributed by atoms with van der Waals surface area (Å²) in [6, 6.07) is 22.7. The summed E-state index contributed by atoms with van der Waals surface area (Å²) in [4.78, 5) is 0. The van der Waals surface area contributed by atoms with E-state index in [9.17, 15) is 0 Å². The second-order valence-electron chi connectivity index (χ2n) is 8.28. The van der Waals surface area contributed by atoms with Gasteiger partial charge in [-0.1, -0.05) is 76.2 Å². The van der Waals surface area contributed by atoms with Gasteiger partial charge in [0.05, 0.1) is 0 Å². The molecule has 3 aromatic carbocycles. The Kier molecular flexibility index (Phi) is 2.45. The minimum atomic E-state index is 0.0721. The van der Waals surface area contributed by atoms with E-state index in [2.05, 4.69) is 88.4 Å². The molecule has 2 aliphatic carbocycles. The van der Waals surface area contributed by atoms with Crippen molar-refractivity contribution in [3.63, 3.8) is 0 Å². The Bertz CT molecular complexity index is 919. The van der Waals surface area contributed by atoms with Gasteiger partial charge in [0, 0.05) is 10.8 Å². The molecule has 0 aliphatic heterocycles. The second kappa shape index (κ2) is 4.19. The molecule has 0 aromatic heterocycles. The van der Waals surface area contributed by atoms with Crippen LogP contribution in [0.3, 0.4) is 0 Å². The average Bonchev–Trinajstić information content (AvgIpc) is 2.95. The zero-order valence-electron chi connectivity index (χ0n) is 14.8. The van der Waals surface area contributed by atoms with Crippen molar-refractivity contribution < 1.29 is 0 Å². The Morgan fingerprint density at radius 2 is 0.833 bits per heavy atom. The summed E-state index contributed by atoms with van der Waals surface area (Å²) >= 11 is 0. The van der Waals surface area contributed by atoms with Crippen LogP contribution in [-0.2, 0) is 10.8 Å². The van der Waals surface area contributed by atoms with Crippen LogP contribution in [0.1, 0.15) is 49.9 Å². The number of hydrogen-bond acceptors (Lipinski definition) is 0. The quantitative estimate of drug-likeness (QED) is 0.457. The van der Waals surface area contributed by atoms with Gasteiger partial charge in [0.2, 0.25) is 0 Å². The summed E-state index contributed by atoms with van der Waals surface area (Å²) in [5, 5.41) is 0. The second-order valence-corrected chi connectivity index (χ2v) is 8.28. The highest BCUT2D eigenvalue weighted by atomic mass is 14.4. The Morgan fingerprint density at radius 3 is 1.25 bits per heavy atom. The Hall–Kier alpha value is -2.34. The standard InChI is InChI=1S/C24H22/c1-23(2)19-11-7-5-9-15(19)17-14-22-18(13-21(17)23)16-10-6-8-12-20(16)24(22,3)4/h5-14H,1-4H3. The van der Waals surface area contributed by atoms with Gasteiger partial charge in [0.25, 0.3) is 0 Å². The highest BCUT2D eigenvalue weighted by molar-refractivity contribution is 5.89. The van der Waals surface area contributed by atoms with Crippen LogP contribution in [0.4, 0.5) is 0 Å². The summed E-state index contributed by atoms with van der Waals surface area (Å²) in [6.07, 6.45) is 0. The lowest BCUT2D eigenvalue weighted by Gasteiger charge is -2.24. The summed E-state index contributed by atoms with van der Waals surface area (Å²) in [6.45, 7) is 9.43. The summed E-state index contributed by atoms with van der Waals surface area (Å²) in [5.41, 5.74) is 11.7. The third-order valence-electron chi connectivity index (χ3n) is 6.29. The maximum absolute atomic E-state index is 2.47. The molecule has 0 bridgehead atoms. The van der Waals surface area contributed by atoms with Gasteiger partial charge in [-0.25, -0.2) is 0 Å². The van der Waals surface area contributed by atoms with Crippen LogP contribution in [0.5, 0.6) is 0 Å². The molecule has 0 unspecified atom stereocenters. The first-order chi connectivity index (χ1) is 11.4. The van der Waals surface area contributed by atoms with E-state index in [-0.39, 0.29) is 10.8 Å². The predicted octanol–water partition coefficient (Wildman–Crippen LogP) is 6.30. The zero-order chi connectivity index (χ0) is 16.7. The van der Waals surface area contributed by atoms with Crippen molar-refractivity contribution in [1.29, 1.82) is 0 Å². The lowest BCUT2D eigenvalue weighted by molar-refractivity contribution is 0.652. The monoisotopic (exact) mass is 310 g/mol. The molecule has 0 heteroatoms. The molecule has 2 aliphatic rings. The Labute approximate surface area is 144 Å². The lowest BCUT2D eigenvalue weighted by Crippen LogP contribution is -2.16. The van der Waals surface area contributed by atoms with E-state index < -0.39 is 0 Å². The lowest BCUT2D eigenvalue weighted by atomic mass is 9.79. The molecule has 0 radical (unpaired) electrons. The molecule has 0 saturated carbocycles. The molecule has 0 spiro atoms. The van der Waals surface area contributed by atoms with E-state index in [1.165, 1.54) is 44.5 Å². The van der Waals surface area contributed by atoms with Crippen LogP contribution in [0.25, 0.3) is 22.3 Å². The van der Waals surface area contributed by atoms with Crippen molar-refractivity contribution in [2.45, 2.75) is 38.5 Å². The maximum atomic E-state index is 2.47. The normalized spacial score (nSPS) is 17.8. The van der Waals surface area contributed by atoms with Crippen molar-refractivity contribution in [1.82, 2.24) is 0 Å².